The molecule has 1 aliphatic rings. The molecular weight excluding hydrogens is 232 g/mol. The van der Waals surface area contributed by atoms with Crippen molar-refractivity contribution < 1.29 is 18.3 Å². The number of nitrogens with zero attached hydrogens (tertiary/aromatic N) is 1. The summed E-state index contributed by atoms with van der Waals surface area (Å²) in [6, 6.07) is -0.962. The summed E-state index contributed by atoms with van der Waals surface area (Å²) in [6.45, 7) is 2.83. The third-order valence-corrected chi connectivity index (χ3v) is 4.55. The van der Waals surface area contributed by atoms with Gasteiger partial charge in [0.05, 0.1) is 5.75 Å². The SMILES string of the molecule is CCCCS(=O)(=O)N1CCNCC1C(=O)O. The number of piperazine rings is 1. The van der Waals surface area contributed by atoms with Crippen molar-refractivity contribution in [1.82, 2.24) is 9.62 Å². The number of carboxylic acids is 1. The number of aliphatic carboxylic acids is 1. The van der Waals surface area contributed by atoms with E-state index in [0.29, 0.717) is 13.0 Å². The Morgan fingerprint density at radius 3 is 2.81 bits per heavy atom. The fourth-order valence-corrected chi connectivity index (χ4v) is 3.48. The van der Waals surface area contributed by atoms with Crippen LogP contribution in [-0.2, 0) is 14.8 Å². The highest BCUT2D eigenvalue weighted by molar-refractivity contribution is 7.89. The van der Waals surface area contributed by atoms with Crippen LogP contribution in [-0.4, -0.2) is 55.2 Å². The smallest absolute Gasteiger partial charge is 0.323 e. The molecule has 0 saturated carbocycles. The van der Waals surface area contributed by atoms with Crippen molar-refractivity contribution in [2.45, 2.75) is 25.8 Å². The van der Waals surface area contributed by atoms with E-state index in [4.69, 9.17) is 5.11 Å². The van der Waals surface area contributed by atoms with Crippen LogP contribution in [0.3, 0.4) is 0 Å². The predicted octanol–water partition coefficient (Wildman–Crippen LogP) is -0.525. The van der Waals surface area contributed by atoms with E-state index in [-0.39, 0.29) is 18.8 Å². The third-order valence-electron chi connectivity index (χ3n) is 2.59. The Bertz CT molecular complexity index is 341. The molecule has 1 saturated heterocycles. The third kappa shape index (κ3) is 3.16. The van der Waals surface area contributed by atoms with Crippen LogP contribution in [0.25, 0.3) is 0 Å². The van der Waals surface area contributed by atoms with E-state index in [0.717, 1.165) is 10.7 Å². The van der Waals surface area contributed by atoms with Crippen molar-refractivity contribution in [1.29, 1.82) is 0 Å². The molecule has 0 amide bonds. The van der Waals surface area contributed by atoms with Crippen LogP contribution in [0.15, 0.2) is 0 Å². The molecule has 0 aromatic heterocycles. The average Bonchev–Trinajstić information content (AvgIpc) is 2.26. The lowest BCUT2D eigenvalue weighted by Crippen LogP contribution is -2.57. The summed E-state index contributed by atoms with van der Waals surface area (Å²) in [6.07, 6.45) is 1.35. The summed E-state index contributed by atoms with van der Waals surface area (Å²) in [5.41, 5.74) is 0. The molecule has 1 rings (SSSR count). The van der Waals surface area contributed by atoms with Gasteiger partial charge in [-0.15, -0.1) is 0 Å². The van der Waals surface area contributed by atoms with Gasteiger partial charge in [0.15, 0.2) is 0 Å². The molecule has 6 nitrogen and oxygen atoms in total. The van der Waals surface area contributed by atoms with Crippen LogP contribution in [0.5, 0.6) is 0 Å². The Kier molecular flexibility index (Phi) is 4.69. The zero-order valence-electron chi connectivity index (χ0n) is 9.35. The maximum absolute atomic E-state index is 11.9. The van der Waals surface area contributed by atoms with Gasteiger partial charge in [-0.25, -0.2) is 8.42 Å². The van der Waals surface area contributed by atoms with Crippen LogP contribution in [0, 0.1) is 0 Å². The summed E-state index contributed by atoms with van der Waals surface area (Å²) in [5.74, 6) is -1.06. The summed E-state index contributed by atoms with van der Waals surface area (Å²) in [4.78, 5) is 10.9. The van der Waals surface area contributed by atoms with Crippen molar-refractivity contribution in [3.8, 4) is 0 Å². The fourth-order valence-electron chi connectivity index (χ4n) is 1.67. The van der Waals surface area contributed by atoms with Crippen LogP contribution >= 0.6 is 0 Å². The Hall–Kier alpha value is -0.660. The second-order valence-electron chi connectivity index (χ2n) is 3.84. The molecule has 1 fully saturated rings. The van der Waals surface area contributed by atoms with E-state index in [1.54, 1.807) is 0 Å². The number of carbonyl (C=O) groups is 1. The molecular formula is C9H18N2O4S. The summed E-state index contributed by atoms with van der Waals surface area (Å²) in [7, 11) is -3.43. The summed E-state index contributed by atoms with van der Waals surface area (Å²) < 4.78 is 24.9. The molecule has 94 valence electrons. The number of sulfonamides is 1. The number of hydrogen-bond acceptors (Lipinski definition) is 4. The predicted molar refractivity (Wildman–Crippen MR) is 59.7 cm³/mol. The number of hydrogen-bond donors (Lipinski definition) is 2. The minimum absolute atomic E-state index is 0.0350. The molecule has 1 aliphatic heterocycles. The van der Waals surface area contributed by atoms with Crippen molar-refractivity contribution in [2.75, 3.05) is 25.4 Å². The van der Waals surface area contributed by atoms with Gasteiger partial charge in [0.2, 0.25) is 10.0 Å². The van der Waals surface area contributed by atoms with Crippen LogP contribution in [0.2, 0.25) is 0 Å². The molecule has 16 heavy (non-hydrogen) atoms. The first-order valence-corrected chi connectivity index (χ1v) is 7.03. The molecule has 0 aliphatic carbocycles. The zero-order chi connectivity index (χ0) is 12.2. The molecule has 1 heterocycles. The van der Waals surface area contributed by atoms with Gasteiger partial charge in [-0.2, -0.15) is 4.31 Å². The van der Waals surface area contributed by atoms with E-state index in [1.807, 2.05) is 6.92 Å². The van der Waals surface area contributed by atoms with Gasteiger partial charge in [0, 0.05) is 19.6 Å². The van der Waals surface area contributed by atoms with E-state index in [9.17, 15) is 13.2 Å². The van der Waals surface area contributed by atoms with Gasteiger partial charge < -0.3 is 10.4 Å². The second kappa shape index (κ2) is 5.60. The van der Waals surface area contributed by atoms with E-state index >= 15 is 0 Å². The zero-order valence-corrected chi connectivity index (χ0v) is 10.2. The van der Waals surface area contributed by atoms with E-state index < -0.39 is 22.0 Å². The first kappa shape index (κ1) is 13.4. The van der Waals surface area contributed by atoms with Crippen molar-refractivity contribution in [2.24, 2.45) is 0 Å². The summed E-state index contributed by atoms with van der Waals surface area (Å²) >= 11 is 0. The minimum atomic E-state index is -3.43. The highest BCUT2D eigenvalue weighted by Gasteiger charge is 2.36. The molecule has 0 spiro atoms. The van der Waals surface area contributed by atoms with Crippen LogP contribution in [0.4, 0.5) is 0 Å². The Balaban J connectivity index is 2.78. The van der Waals surface area contributed by atoms with Gasteiger partial charge in [0.25, 0.3) is 0 Å². The largest absolute Gasteiger partial charge is 0.480 e. The quantitative estimate of drug-likeness (QED) is 0.685. The van der Waals surface area contributed by atoms with E-state index in [1.165, 1.54) is 0 Å². The minimum Gasteiger partial charge on any atom is -0.480 e. The lowest BCUT2D eigenvalue weighted by molar-refractivity contribution is -0.141. The molecule has 1 atom stereocenters. The van der Waals surface area contributed by atoms with Crippen molar-refractivity contribution in [3.05, 3.63) is 0 Å². The van der Waals surface area contributed by atoms with Gasteiger partial charge >= 0.3 is 5.97 Å². The topological polar surface area (TPSA) is 86.7 Å². The Morgan fingerprint density at radius 1 is 1.56 bits per heavy atom. The molecule has 2 N–H and O–H groups in total. The highest BCUT2D eigenvalue weighted by Crippen LogP contribution is 2.12. The van der Waals surface area contributed by atoms with Gasteiger partial charge in [0.1, 0.15) is 6.04 Å². The maximum atomic E-state index is 11.9. The maximum Gasteiger partial charge on any atom is 0.323 e. The first-order valence-electron chi connectivity index (χ1n) is 5.42. The lowest BCUT2D eigenvalue weighted by atomic mass is 10.2. The van der Waals surface area contributed by atoms with Crippen molar-refractivity contribution in [3.63, 3.8) is 0 Å². The summed E-state index contributed by atoms with van der Waals surface area (Å²) in [5, 5.41) is 11.8. The Morgan fingerprint density at radius 2 is 2.25 bits per heavy atom. The molecule has 0 aromatic carbocycles. The lowest BCUT2D eigenvalue weighted by Gasteiger charge is -2.32. The standard InChI is InChI=1S/C9H18N2O4S/c1-2-3-6-16(14,15)11-5-4-10-7-8(11)9(12)13/h8,10H,2-7H2,1H3,(H,12,13). The second-order valence-corrected chi connectivity index (χ2v) is 5.88. The number of unbranched alkanes of at least 4 members (excludes halogenated alkanes) is 1. The number of rotatable bonds is 5. The Labute approximate surface area is 95.7 Å². The highest BCUT2D eigenvalue weighted by atomic mass is 32.2. The molecule has 0 radical (unpaired) electrons. The van der Waals surface area contributed by atoms with Gasteiger partial charge in [-0.05, 0) is 6.42 Å². The van der Waals surface area contributed by atoms with Crippen LogP contribution < -0.4 is 5.32 Å². The molecule has 0 aromatic rings. The van der Waals surface area contributed by atoms with Gasteiger partial charge in [-0.3, -0.25) is 4.79 Å². The fraction of sp³-hybridized carbons (Fsp3) is 0.889. The monoisotopic (exact) mass is 250 g/mol. The van der Waals surface area contributed by atoms with Crippen molar-refractivity contribution >= 4 is 16.0 Å². The normalized spacial score (nSPS) is 23.2. The van der Waals surface area contributed by atoms with Crippen LogP contribution in [0.1, 0.15) is 19.8 Å². The molecule has 1 unspecified atom stereocenters. The number of nitrogens with one attached hydrogen (secondary N) is 1. The molecule has 7 heteroatoms. The number of carboxylic acid groups (broad SMARTS) is 1. The molecule has 0 bridgehead atoms. The average molecular weight is 250 g/mol. The van der Waals surface area contributed by atoms with E-state index in [2.05, 4.69) is 5.32 Å². The first-order chi connectivity index (χ1) is 7.49. The van der Waals surface area contributed by atoms with Gasteiger partial charge in [-0.1, -0.05) is 13.3 Å².